The van der Waals surface area contributed by atoms with E-state index in [4.69, 9.17) is 0 Å². The second-order valence-corrected chi connectivity index (χ2v) is 5.90. The highest BCUT2D eigenvalue weighted by atomic mass is 79.9. The van der Waals surface area contributed by atoms with Crippen molar-refractivity contribution in [3.8, 4) is 0 Å². The lowest BCUT2D eigenvalue weighted by atomic mass is 9.94. The molecule has 2 unspecified atom stereocenters. The van der Waals surface area contributed by atoms with Gasteiger partial charge >= 0.3 is 0 Å². The number of carbonyl (C=O) groups is 1. The molecule has 1 aliphatic carbocycles. The van der Waals surface area contributed by atoms with E-state index in [2.05, 4.69) is 20.9 Å². The Kier molecular flexibility index (Phi) is 4.22. The minimum Gasteiger partial charge on any atom is -0.338 e. The van der Waals surface area contributed by atoms with Crippen LogP contribution in [-0.4, -0.2) is 33.7 Å². The molecule has 0 bridgehead atoms. The van der Waals surface area contributed by atoms with Gasteiger partial charge in [-0.1, -0.05) is 28.8 Å². The summed E-state index contributed by atoms with van der Waals surface area (Å²) in [6.07, 6.45) is 5.98. The maximum Gasteiger partial charge on any atom is 0.254 e. The van der Waals surface area contributed by atoms with Crippen LogP contribution in [-0.2, 0) is 0 Å². The van der Waals surface area contributed by atoms with E-state index in [1.165, 1.54) is 18.7 Å². The topological polar surface area (TPSA) is 53.2 Å². The number of hydrogen-bond donors (Lipinski definition) is 1. The van der Waals surface area contributed by atoms with Crippen LogP contribution >= 0.6 is 15.9 Å². The van der Waals surface area contributed by atoms with Crippen LogP contribution in [0.15, 0.2) is 23.1 Å². The standard InChI is InChI=1S/C13H17BrN2O2/c1-16(11-5-3-2-4-10(11)14)13(18)9-6-7-15-12(17)8-9/h6-8,10-11H,2-5H2,1H3,(H,15,17). The summed E-state index contributed by atoms with van der Waals surface area (Å²) in [6, 6.07) is 3.21. The molecule has 1 N–H and O–H groups in total. The van der Waals surface area contributed by atoms with Crippen molar-refractivity contribution in [3.05, 3.63) is 34.2 Å². The molecule has 0 saturated heterocycles. The van der Waals surface area contributed by atoms with Crippen molar-refractivity contribution in [1.82, 2.24) is 9.88 Å². The number of carbonyl (C=O) groups excluding carboxylic acids is 1. The third-order valence-corrected chi connectivity index (χ3v) is 4.56. The van der Waals surface area contributed by atoms with Gasteiger partial charge in [0.1, 0.15) is 0 Å². The number of nitrogens with zero attached hydrogens (tertiary/aromatic N) is 1. The average Bonchev–Trinajstić information content (AvgIpc) is 2.37. The van der Waals surface area contributed by atoms with Crippen molar-refractivity contribution in [2.24, 2.45) is 0 Å². The third kappa shape index (κ3) is 2.83. The number of pyridine rings is 1. The normalized spacial score (nSPS) is 23.7. The van der Waals surface area contributed by atoms with E-state index in [1.807, 2.05) is 7.05 Å². The lowest BCUT2D eigenvalue weighted by Crippen LogP contribution is -2.44. The van der Waals surface area contributed by atoms with Crippen LogP contribution in [0.25, 0.3) is 0 Å². The minimum atomic E-state index is -0.242. The first-order valence-electron chi connectivity index (χ1n) is 6.19. The Hall–Kier alpha value is -1.10. The van der Waals surface area contributed by atoms with E-state index in [0.717, 1.165) is 19.3 Å². The van der Waals surface area contributed by atoms with Crippen molar-refractivity contribution in [1.29, 1.82) is 0 Å². The number of nitrogens with one attached hydrogen (secondary N) is 1. The number of H-pyrrole nitrogens is 1. The summed E-state index contributed by atoms with van der Waals surface area (Å²) in [5, 5.41) is 0. The summed E-state index contributed by atoms with van der Waals surface area (Å²) >= 11 is 3.65. The Bertz CT molecular complexity index is 486. The van der Waals surface area contributed by atoms with Crippen molar-refractivity contribution < 1.29 is 4.79 Å². The first kappa shape index (κ1) is 13.3. The molecule has 1 amide bonds. The zero-order valence-corrected chi connectivity index (χ0v) is 11.9. The maximum atomic E-state index is 12.3. The van der Waals surface area contributed by atoms with Gasteiger partial charge in [-0.2, -0.15) is 0 Å². The molecule has 18 heavy (non-hydrogen) atoms. The number of alkyl halides is 1. The monoisotopic (exact) mass is 312 g/mol. The van der Waals surface area contributed by atoms with Crippen molar-refractivity contribution in [2.75, 3.05) is 7.05 Å². The minimum absolute atomic E-state index is 0.0857. The fraction of sp³-hybridized carbons (Fsp3) is 0.538. The van der Waals surface area contributed by atoms with Crippen LogP contribution in [0.2, 0.25) is 0 Å². The van der Waals surface area contributed by atoms with E-state index in [9.17, 15) is 9.59 Å². The van der Waals surface area contributed by atoms with E-state index < -0.39 is 0 Å². The van der Waals surface area contributed by atoms with Crippen molar-refractivity contribution in [3.63, 3.8) is 0 Å². The van der Waals surface area contributed by atoms with Gasteiger partial charge in [0.15, 0.2) is 0 Å². The average molecular weight is 313 g/mol. The van der Waals surface area contributed by atoms with Gasteiger partial charge in [-0.15, -0.1) is 0 Å². The van der Waals surface area contributed by atoms with E-state index in [1.54, 1.807) is 11.0 Å². The van der Waals surface area contributed by atoms with Gasteiger partial charge in [0.05, 0.1) is 0 Å². The number of hydrogen-bond acceptors (Lipinski definition) is 2. The van der Waals surface area contributed by atoms with Gasteiger partial charge in [0.25, 0.3) is 5.91 Å². The Morgan fingerprint density at radius 3 is 2.83 bits per heavy atom. The quantitative estimate of drug-likeness (QED) is 0.851. The summed E-state index contributed by atoms with van der Waals surface area (Å²) in [4.78, 5) is 28.1. The first-order chi connectivity index (χ1) is 8.59. The molecule has 0 aromatic carbocycles. The highest BCUT2D eigenvalue weighted by Gasteiger charge is 2.29. The molecule has 1 fully saturated rings. The molecule has 98 valence electrons. The molecular weight excluding hydrogens is 296 g/mol. The number of halogens is 1. The van der Waals surface area contributed by atoms with Crippen LogP contribution in [0.5, 0.6) is 0 Å². The predicted molar refractivity (Wildman–Crippen MR) is 74.1 cm³/mol. The molecule has 2 atom stereocenters. The Morgan fingerprint density at radius 2 is 2.17 bits per heavy atom. The maximum absolute atomic E-state index is 12.3. The summed E-state index contributed by atoms with van der Waals surface area (Å²) < 4.78 is 0. The van der Waals surface area contributed by atoms with Gasteiger partial charge in [0, 0.05) is 35.7 Å². The number of aromatic amines is 1. The highest BCUT2D eigenvalue weighted by Crippen LogP contribution is 2.28. The number of amides is 1. The van der Waals surface area contributed by atoms with Crippen LogP contribution in [0.1, 0.15) is 36.0 Å². The van der Waals surface area contributed by atoms with Crippen LogP contribution in [0, 0.1) is 0 Å². The first-order valence-corrected chi connectivity index (χ1v) is 7.11. The molecule has 4 nitrogen and oxygen atoms in total. The zero-order chi connectivity index (χ0) is 13.1. The van der Waals surface area contributed by atoms with E-state index in [-0.39, 0.29) is 17.5 Å². The summed E-state index contributed by atoms with van der Waals surface area (Å²) in [5.41, 5.74) is 0.208. The predicted octanol–water partition coefficient (Wildman–Crippen LogP) is 2.15. The largest absolute Gasteiger partial charge is 0.338 e. The number of rotatable bonds is 2. The fourth-order valence-electron chi connectivity index (χ4n) is 2.43. The van der Waals surface area contributed by atoms with Gasteiger partial charge in [-0.3, -0.25) is 9.59 Å². The molecule has 1 aliphatic rings. The molecule has 0 spiro atoms. The lowest BCUT2D eigenvalue weighted by molar-refractivity contribution is 0.0704. The smallest absolute Gasteiger partial charge is 0.254 e. The second kappa shape index (κ2) is 5.69. The van der Waals surface area contributed by atoms with E-state index in [0.29, 0.717) is 10.4 Å². The summed E-state index contributed by atoms with van der Waals surface area (Å²) in [5.74, 6) is -0.0857. The van der Waals surface area contributed by atoms with Crippen molar-refractivity contribution >= 4 is 21.8 Å². The number of aromatic nitrogens is 1. The summed E-state index contributed by atoms with van der Waals surface area (Å²) in [7, 11) is 1.81. The van der Waals surface area contributed by atoms with Gasteiger partial charge in [0.2, 0.25) is 5.56 Å². The molecule has 1 saturated carbocycles. The Morgan fingerprint density at radius 1 is 1.44 bits per heavy atom. The Labute approximate surface area is 115 Å². The van der Waals surface area contributed by atoms with E-state index >= 15 is 0 Å². The molecule has 1 aromatic heterocycles. The van der Waals surface area contributed by atoms with Crippen molar-refractivity contribution in [2.45, 2.75) is 36.6 Å². The van der Waals surface area contributed by atoms with Crippen LogP contribution in [0.4, 0.5) is 0 Å². The van der Waals surface area contributed by atoms with Gasteiger partial charge < -0.3 is 9.88 Å². The molecule has 0 aliphatic heterocycles. The highest BCUT2D eigenvalue weighted by molar-refractivity contribution is 9.09. The molecular formula is C13H17BrN2O2. The van der Waals surface area contributed by atoms with Crippen LogP contribution < -0.4 is 5.56 Å². The zero-order valence-electron chi connectivity index (χ0n) is 10.4. The Balaban J connectivity index is 2.15. The molecule has 5 heteroatoms. The summed E-state index contributed by atoms with van der Waals surface area (Å²) in [6.45, 7) is 0. The molecule has 1 heterocycles. The van der Waals surface area contributed by atoms with Gasteiger partial charge in [-0.25, -0.2) is 0 Å². The molecule has 0 radical (unpaired) electrons. The lowest BCUT2D eigenvalue weighted by Gasteiger charge is -2.35. The molecule has 2 rings (SSSR count). The second-order valence-electron chi connectivity index (χ2n) is 4.73. The van der Waals surface area contributed by atoms with Gasteiger partial charge in [-0.05, 0) is 18.9 Å². The van der Waals surface area contributed by atoms with Crippen LogP contribution in [0.3, 0.4) is 0 Å². The SMILES string of the molecule is CN(C(=O)c1cc[nH]c(=O)c1)C1CCCCC1Br. The third-order valence-electron chi connectivity index (χ3n) is 3.49. The molecule has 1 aromatic rings. The fourth-order valence-corrected chi connectivity index (χ4v) is 3.38.